The monoisotopic (exact) mass is 356 g/mol. The van der Waals surface area contributed by atoms with Gasteiger partial charge in [0.25, 0.3) is 5.91 Å². The molecule has 1 aromatic heterocycles. The van der Waals surface area contributed by atoms with Crippen LogP contribution in [0.25, 0.3) is 0 Å². The predicted octanol–water partition coefficient (Wildman–Crippen LogP) is 4.93. The summed E-state index contributed by atoms with van der Waals surface area (Å²) in [6.07, 6.45) is 7.28. The Bertz CT molecular complexity index is 741. The SMILES string of the molecule is Cc1noc(C(=O)N2CCC[C@H]3CCCC[C@@H]32)c1Sc1ccccc1. The highest BCUT2D eigenvalue weighted by Crippen LogP contribution is 2.38. The molecule has 0 bridgehead atoms. The van der Waals surface area contributed by atoms with Gasteiger partial charge >= 0.3 is 0 Å². The fraction of sp³-hybridized carbons (Fsp3) is 0.500. The zero-order valence-corrected chi connectivity index (χ0v) is 15.4. The number of hydrogen-bond acceptors (Lipinski definition) is 4. The maximum absolute atomic E-state index is 13.3. The second-order valence-corrected chi connectivity index (χ2v) is 8.18. The molecule has 2 atom stereocenters. The zero-order valence-electron chi connectivity index (χ0n) is 14.6. The van der Waals surface area contributed by atoms with E-state index in [0.29, 0.717) is 17.7 Å². The highest BCUT2D eigenvalue weighted by atomic mass is 32.2. The minimum Gasteiger partial charge on any atom is -0.349 e. The lowest BCUT2D eigenvalue weighted by Gasteiger charge is -2.43. The molecule has 1 amide bonds. The van der Waals surface area contributed by atoms with Crippen LogP contribution in [0.15, 0.2) is 44.6 Å². The quantitative estimate of drug-likeness (QED) is 0.782. The van der Waals surface area contributed by atoms with Crippen molar-refractivity contribution in [3.8, 4) is 0 Å². The fourth-order valence-electron chi connectivity index (χ4n) is 4.23. The van der Waals surface area contributed by atoms with Gasteiger partial charge in [0.1, 0.15) is 0 Å². The van der Waals surface area contributed by atoms with Gasteiger partial charge in [-0.2, -0.15) is 0 Å². The molecule has 1 aliphatic carbocycles. The number of aryl methyl sites for hydroxylation is 1. The molecule has 0 radical (unpaired) electrons. The summed E-state index contributed by atoms with van der Waals surface area (Å²) in [6.45, 7) is 2.75. The molecule has 2 heterocycles. The van der Waals surface area contributed by atoms with Crippen molar-refractivity contribution in [1.82, 2.24) is 10.1 Å². The average molecular weight is 356 g/mol. The number of hydrogen-bond donors (Lipinski definition) is 0. The number of aromatic nitrogens is 1. The maximum Gasteiger partial charge on any atom is 0.293 e. The summed E-state index contributed by atoms with van der Waals surface area (Å²) >= 11 is 1.57. The first-order chi connectivity index (χ1) is 12.2. The van der Waals surface area contributed by atoms with Gasteiger partial charge in [-0.05, 0) is 50.7 Å². The molecule has 4 rings (SSSR count). The second-order valence-electron chi connectivity index (χ2n) is 7.09. The van der Waals surface area contributed by atoms with E-state index in [9.17, 15) is 4.79 Å². The van der Waals surface area contributed by atoms with Gasteiger partial charge in [-0.1, -0.05) is 48.0 Å². The standard InChI is InChI=1S/C20H24N2O2S/c1-14-19(25-16-10-3-2-4-11-16)18(24-21-14)20(23)22-13-7-9-15-8-5-6-12-17(15)22/h2-4,10-11,15,17H,5-9,12-13H2,1H3/t15-,17+/m1/s1. The molecule has 2 aliphatic rings. The number of nitrogens with zero attached hydrogens (tertiary/aromatic N) is 2. The highest BCUT2D eigenvalue weighted by Gasteiger charge is 2.38. The normalized spacial score (nSPS) is 23.3. The number of amides is 1. The van der Waals surface area contributed by atoms with Gasteiger partial charge in [0.15, 0.2) is 0 Å². The van der Waals surface area contributed by atoms with Crippen LogP contribution >= 0.6 is 11.8 Å². The molecule has 1 aliphatic heterocycles. The third kappa shape index (κ3) is 3.34. The lowest BCUT2D eigenvalue weighted by atomic mass is 9.78. The summed E-state index contributed by atoms with van der Waals surface area (Å²) in [5.41, 5.74) is 0.786. The molecule has 2 aromatic rings. The lowest BCUT2D eigenvalue weighted by molar-refractivity contribution is 0.0350. The van der Waals surface area contributed by atoms with Crippen LogP contribution in [0.5, 0.6) is 0 Å². The number of carbonyl (C=O) groups excluding carboxylic acids is 1. The third-order valence-corrected chi connectivity index (χ3v) is 6.66. The molecule has 0 spiro atoms. The number of rotatable bonds is 3. The van der Waals surface area contributed by atoms with Crippen LogP contribution < -0.4 is 0 Å². The first-order valence-electron chi connectivity index (χ1n) is 9.24. The van der Waals surface area contributed by atoms with Crippen LogP contribution in [0.2, 0.25) is 0 Å². The van der Waals surface area contributed by atoms with Crippen molar-refractivity contribution >= 4 is 17.7 Å². The Morgan fingerprint density at radius 3 is 2.76 bits per heavy atom. The zero-order chi connectivity index (χ0) is 17.2. The number of piperidine rings is 1. The van der Waals surface area contributed by atoms with Crippen molar-refractivity contribution in [2.45, 2.75) is 61.3 Å². The van der Waals surface area contributed by atoms with E-state index < -0.39 is 0 Å². The molecule has 0 N–H and O–H groups in total. The smallest absolute Gasteiger partial charge is 0.293 e. The molecule has 1 saturated heterocycles. The van der Waals surface area contributed by atoms with Gasteiger partial charge in [-0.25, -0.2) is 0 Å². The van der Waals surface area contributed by atoms with E-state index in [4.69, 9.17) is 4.52 Å². The second kappa shape index (κ2) is 7.24. The maximum atomic E-state index is 13.3. The van der Waals surface area contributed by atoms with Crippen LogP contribution in [0.1, 0.15) is 54.8 Å². The van der Waals surface area contributed by atoms with E-state index in [0.717, 1.165) is 34.9 Å². The lowest BCUT2D eigenvalue weighted by Crippen LogP contribution is -2.49. The van der Waals surface area contributed by atoms with Crippen LogP contribution in [0, 0.1) is 12.8 Å². The average Bonchev–Trinajstić information content (AvgIpc) is 3.02. The fourth-order valence-corrected chi connectivity index (χ4v) is 5.16. The first-order valence-corrected chi connectivity index (χ1v) is 10.1. The molecule has 4 nitrogen and oxygen atoms in total. The van der Waals surface area contributed by atoms with E-state index in [2.05, 4.69) is 10.1 Å². The highest BCUT2D eigenvalue weighted by molar-refractivity contribution is 7.99. The molecule has 25 heavy (non-hydrogen) atoms. The van der Waals surface area contributed by atoms with Crippen molar-refractivity contribution in [2.24, 2.45) is 5.92 Å². The predicted molar refractivity (Wildman–Crippen MR) is 97.8 cm³/mol. The Morgan fingerprint density at radius 2 is 1.92 bits per heavy atom. The Kier molecular flexibility index (Phi) is 4.84. The number of fused-ring (bicyclic) bond motifs is 1. The van der Waals surface area contributed by atoms with Crippen molar-refractivity contribution in [1.29, 1.82) is 0 Å². The first kappa shape index (κ1) is 16.7. The summed E-state index contributed by atoms with van der Waals surface area (Å²) in [5, 5.41) is 4.09. The van der Waals surface area contributed by atoms with Crippen LogP contribution in [-0.2, 0) is 0 Å². The molecular weight excluding hydrogens is 332 g/mol. The van der Waals surface area contributed by atoms with Crippen LogP contribution in [0.4, 0.5) is 0 Å². The van der Waals surface area contributed by atoms with Gasteiger partial charge < -0.3 is 9.42 Å². The van der Waals surface area contributed by atoms with E-state index in [1.165, 1.54) is 25.7 Å². The van der Waals surface area contributed by atoms with Crippen molar-refractivity contribution in [2.75, 3.05) is 6.54 Å². The third-order valence-electron chi connectivity index (χ3n) is 5.47. The number of likely N-dealkylation sites (tertiary alicyclic amines) is 1. The Morgan fingerprint density at radius 1 is 1.16 bits per heavy atom. The number of benzene rings is 1. The molecule has 1 aromatic carbocycles. The van der Waals surface area contributed by atoms with Crippen LogP contribution in [-0.4, -0.2) is 28.6 Å². The van der Waals surface area contributed by atoms with Gasteiger partial charge in [0.2, 0.25) is 5.76 Å². The van der Waals surface area contributed by atoms with Gasteiger partial charge in [-0.15, -0.1) is 0 Å². The van der Waals surface area contributed by atoms with Crippen LogP contribution in [0.3, 0.4) is 0 Å². The summed E-state index contributed by atoms with van der Waals surface area (Å²) in [7, 11) is 0. The molecule has 1 saturated carbocycles. The Balaban J connectivity index is 1.60. The summed E-state index contributed by atoms with van der Waals surface area (Å²) < 4.78 is 5.50. The Labute approximate surface area is 153 Å². The minimum atomic E-state index is 0.0237. The number of carbonyl (C=O) groups is 1. The van der Waals surface area contributed by atoms with E-state index in [1.54, 1.807) is 11.8 Å². The molecule has 132 valence electrons. The van der Waals surface area contributed by atoms with Crippen molar-refractivity contribution < 1.29 is 9.32 Å². The van der Waals surface area contributed by atoms with E-state index >= 15 is 0 Å². The van der Waals surface area contributed by atoms with Gasteiger partial charge in [0.05, 0.1) is 10.6 Å². The summed E-state index contributed by atoms with van der Waals surface area (Å²) in [5.74, 6) is 1.11. The Hall–Kier alpha value is -1.75. The van der Waals surface area contributed by atoms with E-state index in [1.807, 2.05) is 37.3 Å². The van der Waals surface area contributed by atoms with Crippen molar-refractivity contribution in [3.05, 3.63) is 41.8 Å². The van der Waals surface area contributed by atoms with Gasteiger partial charge in [-0.3, -0.25) is 4.79 Å². The molecular formula is C20H24N2O2S. The van der Waals surface area contributed by atoms with Gasteiger partial charge in [0, 0.05) is 17.5 Å². The van der Waals surface area contributed by atoms with E-state index in [-0.39, 0.29) is 5.91 Å². The largest absolute Gasteiger partial charge is 0.349 e. The minimum absolute atomic E-state index is 0.0237. The summed E-state index contributed by atoms with van der Waals surface area (Å²) in [6, 6.07) is 10.5. The molecule has 5 heteroatoms. The molecule has 0 unspecified atom stereocenters. The molecule has 2 fully saturated rings. The van der Waals surface area contributed by atoms with Crippen molar-refractivity contribution in [3.63, 3.8) is 0 Å². The summed E-state index contributed by atoms with van der Waals surface area (Å²) in [4.78, 5) is 17.3. The topological polar surface area (TPSA) is 46.3 Å².